The molecule has 4 heteroatoms. The monoisotopic (exact) mass is 344 g/mol. The molecule has 2 nitrogen and oxygen atoms in total. The Morgan fingerprint density at radius 1 is 1.37 bits per heavy atom. The van der Waals surface area contributed by atoms with Crippen molar-refractivity contribution < 1.29 is 0 Å². The van der Waals surface area contributed by atoms with Gasteiger partial charge in [0, 0.05) is 29.9 Å². The highest BCUT2D eigenvalue weighted by molar-refractivity contribution is 9.10. The molecule has 0 saturated carbocycles. The summed E-state index contributed by atoms with van der Waals surface area (Å²) in [5.41, 5.74) is 2.71. The molecule has 0 aliphatic rings. The summed E-state index contributed by atoms with van der Waals surface area (Å²) < 4.78 is 1.22. The predicted octanol–water partition coefficient (Wildman–Crippen LogP) is 3.74. The molecule has 1 N–H and O–H groups in total. The standard InChI is InChI=1S/C15H25BrN2S/c1-4-7-17-11-13-5-6-14(15(16)10-13)12-18(2)8-9-19-3/h5-6,10,17H,4,7-9,11-12H2,1-3H3. The summed E-state index contributed by atoms with van der Waals surface area (Å²) in [4.78, 5) is 2.37. The molecule has 0 aliphatic carbocycles. The number of hydrogen-bond donors (Lipinski definition) is 1. The van der Waals surface area contributed by atoms with Gasteiger partial charge in [-0.2, -0.15) is 11.8 Å². The minimum Gasteiger partial charge on any atom is -0.313 e. The second-order valence-corrected chi connectivity index (χ2v) is 6.67. The maximum atomic E-state index is 3.69. The molecule has 0 unspecified atom stereocenters. The van der Waals surface area contributed by atoms with E-state index in [9.17, 15) is 0 Å². The van der Waals surface area contributed by atoms with Gasteiger partial charge in [-0.25, -0.2) is 0 Å². The van der Waals surface area contributed by atoms with Gasteiger partial charge in [-0.05, 0) is 43.5 Å². The molecule has 0 spiro atoms. The van der Waals surface area contributed by atoms with Crippen molar-refractivity contribution in [2.75, 3.05) is 32.1 Å². The van der Waals surface area contributed by atoms with Gasteiger partial charge in [0.25, 0.3) is 0 Å². The van der Waals surface area contributed by atoms with Gasteiger partial charge in [-0.1, -0.05) is 35.0 Å². The van der Waals surface area contributed by atoms with E-state index >= 15 is 0 Å². The number of nitrogens with one attached hydrogen (secondary N) is 1. The summed E-state index contributed by atoms with van der Waals surface area (Å²) in [6.45, 7) is 6.36. The molecule has 0 bridgehead atoms. The smallest absolute Gasteiger partial charge is 0.0242 e. The highest BCUT2D eigenvalue weighted by Crippen LogP contribution is 2.20. The molecule has 0 heterocycles. The third-order valence-corrected chi connectivity index (χ3v) is 4.32. The molecule has 1 rings (SSSR count). The Morgan fingerprint density at radius 2 is 2.16 bits per heavy atom. The van der Waals surface area contributed by atoms with E-state index in [1.165, 1.54) is 27.8 Å². The second kappa shape index (κ2) is 9.81. The molecule has 19 heavy (non-hydrogen) atoms. The van der Waals surface area contributed by atoms with Crippen LogP contribution in [0.2, 0.25) is 0 Å². The van der Waals surface area contributed by atoms with Gasteiger partial charge in [-0.15, -0.1) is 0 Å². The predicted molar refractivity (Wildman–Crippen MR) is 90.9 cm³/mol. The van der Waals surface area contributed by atoms with Crippen molar-refractivity contribution in [3.05, 3.63) is 33.8 Å². The fraction of sp³-hybridized carbons (Fsp3) is 0.600. The van der Waals surface area contributed by atoms with E-state index in [0.29, 0.717) is 0 Å². The van der Waals surface area contributed by atoms with Crippen LogP contribution in [-0.2, 0) is 13.1 Å². The number of rotatable bonds is 9. The van der Waals surface area contributed by atoms with E-state index in [-0.39, 0.29) is 0 Å². The normalized spacial score (nSPS) is 11.2. The highest BCUT2D eigenvalue weighted by atomic mass is 79.9. The molecule has 0 amide bonds. The van der Waals surface area contributed by atoms with Crippen LogP contribution in [0.15, 0.2) is 22.7 Å². The number of hydrogen-bond acceptors (Lipinski definition) is 3. The molecule has 0 saturated heterocycles. The maximum Gasteiger partial charge on any atom is 0.0242 e. The zero-order valence-corrected chi connectivity index (χ0v) is 14.6. The van der Waals surface area contributed by atoms with Crippen molar-refractivity contribution in [1.82, 2.24) is 10.2 Å². The lowest BCUT2D eigenvalue weighted by atomic mass is 10.1. The maximum absolute atomic E-state index is 3.69. The molecule has 0 aliphatic heterocycles. The van der Waals surface area contributed by atoms with Crippen molar-refractivity contribution in [1.29, 1.82) is 0 Å². The van der Waals surface area contributed by atoms with Crippen molar-refractivity contribution in [2.45, 2.75) is 26.4 Å². The van der Waals surface area contributed by atoms with E-state index in [1.54, 1.807) is 0 Å². The van der Waals surface area contributed by atoms with E-state index in [0.717, 1.165) is 26.2 Å². The molecule has 0 atom stereocenters. The number of benzene rings is 1. The van der Waals surface area contributed by atoms with Crippen LogP contribution >= 0.6 is 27.7 Å². The van der Waals surface area contributed by atoms with Crippen LogP contribution in [-0.4, -0.2) is 37.0 Å². The first-order chi connectivity index (χ1) is 9.17. The lowest BCUT2D eigenvalue weighted by Crippen LogP contribution is -2.21. The molecule has 0 fully saturated rings. The minimum atomic E-state index is 0.953. The Morgan fingerprint density at radius 3 is 2.79 bits per heavy atom. The summed E-state index contributed by atoms with van der Waals surface area (Å²) >= 11 is 5.59. The lowest BCUT2D eigenvalue weighted by molar-refractivity contribution is 0.348. The molecule has 0 radical (unpaired) electrons. The minimum absolute atomic E-state index is 0.953. The summed E-state index contributed by atoms with van der Waals surface area (Å²) in [5, 5.41) is 3.43. The van der Waals surface area contributed by atoms with Gasteiger partial charge < -0.3 is 10.2 Å². The van der Waals surface area contributed by atoms with Gasteiger partial charge in [0.2, 0.25) is 0 Å². The fourth-order valence-corrected chi connectivity index (χ4v) is 2.90. The summed E-state index contributed by atoms with van der Waals surface area (Å²) in [6, 6.07) is 6.70. The third kappa shape index (κ3) is 6.80. The van der Waals surface area contributed by atoms with E-state index in [2.05, 4.69) is 64.6 Å². The Balaban J connectivity index is 2.51. The zero-order valence-electron chi connectivity index (χ0n) is 12.2. The van der Waals surface area contributed by atoms with Crippen LogP contribution in [0.3, 0.4) is 0 Å². The topological polar surface area (TPSA) is 15.3 Å². The lowest BCUT2D eigenvalue weighted by Gasteiger charge is -2.17. The Kier molecular flexibility index (Phi) is 8.79. The van der Waals surface area contributed by atoms with Crippen LogP contribution in [0.25, 0.3) is 0 Å². The summed E-state index contributed by atoms with van der Waals surface area (Å²) in [5.74, 6) is 1.19. The van der Waals surface area contributed by atoms with Crippen LogP contribution in [0.1, 0.15) is 24.5 Å². The van der Waals surface area contributed by atoms with Gasteiger partial charge >= 0.3 is 0 Å². The van der Waals surface area contributed by atoms with Crippen molar-refractivity contribution in [3.8, 4) is 0 Å². The first kappa shape index (κ1) is 17.0. The zero-order chi connectivity index (χ0) is 14.1. The van der Waals surface area contributed by atoms with Crippen LogP contribution in [0, 0.1) is 0 Å². The quantitative estimate of drug-likeness (QED) is 0.687. The number of halogens is 1. The van der Waals surface area contributed by atoms with Gasteiger partial charge in [0.15, 0.2) is 0 Å². The SMILES string of the molecule is CCCNCc1ccc(CN(C)CCSC)c(Br)c1. The summed E-state index contributed by atoms with van der Waals surface area (Å²) in [6.07, 6.45) is 3.33. The molecular formula is C15H25BrN2S. The van der Waals surface area contributed by atoms with E-state index < -0.39 is 0 Å². The Hall–Kier alpha value is -0.0300. The van der Waals surface area contributed by atoms with Crippen molar-refractivity contribution in [3.63, 3.8) is 0 Å². The largest absolute Gasteiger partial charge is 0.313 e. The van der Waals surface area contributed by atoms with Gasteiger partial charge in [-0.3, -0.25) is 0 Å². The van der Waals surface area contributed by atoms with Gasteiger partial charge in [0.1, 0.15) is 0 Å². The number of thioether (sulfide) groups is 1. The first-order valence-electron chi connectivity index (χ1n) is 6.82. The highest BCUT2D eigenvalue weighted by Gasteiger charge is 2.05. The third-order valence-electron chi connectivity index (χ3n) is 2.99. The second-order valence-electron chi connectivity index (χ2n) is 4.83. The average molecular weight is 345 g/mol. The van der Waals surface area contributed by atoms with E-state index in [4.69, 9.17) is 0 Å². The Bertz CT molecular complexity index is 371. The molecule has 108 valence electrons. The van der Waals surface area contributed by atoms with Crippen LogP contribution in [0.5, 0.6) is 0 Å². The average Bonchev–Trinajstić information content (AvgIpc) is 2.40. The van der Waals surface area contributed by atoms with Crippen LogP contribution < -0.4 is 5.32 Å². The molecule has 0 aromatic heterocycles. The van der Waals surface area contributed by atoms with Crippen molar-refractivity contribution >= 4 is 27.7 Å². The molecular weight excluding hydrogens is 320 g/mol. The molecule has 1 aromatic rings. The summed E-state index contributed by atoms with van der Waals surface area (Å²) in [7, 11) is 2.18. The molecule has 1 aromatic carbocycles. The van der Waals surface area contributed by atoms with Crippen LogP contribution in [0.4, 0.5) is 0 Å². The van der Waals surface area contributed by atoms with E-state index in [1.807, 2.05) is 11.8 Å². The Labute approximate surface area is 130 Å². The first-order valence-corrected chi connectivity index (χ1v) is 9.01. The fourth-order valence-electron chi connectivity index (χ4n) is 1.86. The number of nitrogens with zero attached hydrogens (tertiary/aromatic N) is 1. The van der Waals surface area contributed by atoms with Gasteiger partial charge in [0.05, 0.1) is 0 Å². The van der Waals surface area contributed by atoms with Crippen molar-refractivity contribution in [2.24, 2.45) is 0 Å².